The highest BCUT2D eigenvalue weighted by Gasteiger charge is 2.53. The number of hydrogen-bond donors (Lipinski definition) is 3. The minimum Gasteiger partial charge on any atom is -0.385 e. The molecule has 0 aliphatic heterocycles. The lowest BCUT2D eigenvalue weighted by molar-refractivity contribution is -0.102. The molecule has 2 aromatic carbocycles. The van der Waals surface area contributed by atoms with Crippen LogP contribution in [-0.4, -0.2) is 63.2 Å². The Kier molecular flexibility index (Phi) is 9.31. The summed E-state index contributed by atoms with van der Waals surface area (Å²) in [6.45, 7) is 3.42. The maximum absolute atomic E-state index is 14.5. The third-order valence-electron chi connectivity index (χ3n) is 9.44. The standard InChI is InChI=1S/C36H38F2N6O4S2/c1-20-29(34-43-31-27(49-34)14-15-39-30(31)22-12-13-22)33(44-35(41-20)40-17-24-25(37)10-7-11-26(24)38)42-28-16-23(19-50(3,46)47)32(36(28,2)45)48-18-21-8-5-4-6-9-21/h4-11,14-15,22-23,28,32,45H,12-13,16-19H2,1-3H3,(H2,40,41,42,44)/t23-,28-,32-,36+/m1/s1. The van der Waals surface area contributed by atoms with E-state index >= 15 is 0 Å². The zero-order valence-electron chi connectivity index (χ0n) is 27.9. The third-order valence-corrected chi connectivity index (χ3v) is 11.5. The number of halogens is 2. The van der Waals surface area contributed by atoms with Gasteiger partial charge in [0.15, 0.2) is 0 Å². The monoisotopic (exact) mass is 720 g/mol. The molecule has 2 aliphatic rings. The number of sulfone groups is 1. The molecule has 2 fully saturated rings. The molecule has 3 N–H and O–H groups in total. The van der Waals surface area contributed by atoms with Crippen molar-refractivity contribution in [2.45, 2.75) is 69.9 Å². The molecule has 14 heteroatoms. The quantitative estimate of drug-likeness (QED) is 0.133. The summed E-state index contributed by atoms with van der Waals surface area (Å²) in [7, 11) is -3.43. The molecule has 3 heterocycles. The SMILES string of the molecule is Cc1nc(NCc2c(F)cccc2F)nc(N[C@@H]2C[C@H](CS(C)(=O)=O)[C@@H](OCc3ccccc3)[C@@]2(C)O)c1-c1nc2c(C3CC3)nccc2s1. The summed E-state index contributed by atoms with van der Waals surface area (Å²) in [5, 5.41) is 19.1. The van der Waals surface area contributed by atoms with Crippen LogP contribution in [0, 0.1) is 24.5 Å². The average Bonchev–Trinajstić information content (AvgIpc) is 3.76. The maximum atomic E-state index is 14.5. The van der Waals surface area contributed by atoms with Crippen molar-refractivity contribution in [3.05, 3.63) is 94.9 Å². The predicted molar refractivity (Wildman–Crippen MR) is 190 cm³/mol. The fourth-order valence-corrected chi connectivity index (χ4v) is 8.99. The van der Waals surface area contributed by atoms with Crippen LogP contribution >= 0.6 is 11.3 Å². The van der Waals surface area contributed by atoms with Crippen LogP contribution in [0.4, 0.5) is 20.5 Å². The molecule has 7 rings (SSSR count). The van der Waals surface area contributed by atoms with Gasteiger partial charge in [-0.05, 0) is 56.9 Å². The molecule has 4 atom stereocenters. The molecule has 2 aliphatic carbocycles. The molecule has 3 aromatic heterocycles. The number of nitrogens with one attached hydrogen (secondary N) is 2. The molecule has 0 radical (unpaired) electrons. The van der Waals surface area contributed by atoms with Gasteiger partial charge in [0, 0.05) is 36.4 Å². The Hall–Kier alpha value is -4.11. The van der Waals surface area contributed by atoms with E-state index in [-0.39, 0.29) is 36.8 Å². The Morgan fingerprint density at radius 3 is 2.48 bits per heavy atom. The van der Waals surface area contributed by atoms with Crippen LogP contribution in [0.1, 0.15) is 54.6 Å². The molecule has 0 amide bonds. The fraction of sp³-hybridized carbons (Fsp3) is 0.389. The fourth-order valence-electron chi connectivity index (χ4n) is 6.84. The number of benzene rings is 2. The molecule has 0 spiro atoms. The molecule has 10 nitrogen and oxygen atoms in total. The number of ether oxygens (including phenoxy) is 1. The summed E-state index contributed by atoms with van der Waals surface area (Å²) in [5.41, 5.74) is 2.14. The zero-order valence-corrected chi connectivity index (χ0v) is 29.5. The van der Waals surface area contributed by atoms with Gasteiger partial charge in [-0.3, -0.25) is 4.98 Å². The topological polar surface area (TPSA) is 139 Å². The predicted octanol–water partition coefficient (Wildman–Crippen LogP) is 6.41. The highest BCUT2D eigenvalue weighted by atomic mass is 32.2. The number of fused-ring (bicyclic) bond motifs is 1. The number of pyridine rings is 1. The van der Waals surface area contributed by atoms with Crippen molar-refractivity contribution < 1.29 is 27.0 Å². The molecule has 0 saturated heterocycles. The van der Waals surface area contributed by atoms with Crippen LogP contribution in [0.5, 0.6) is 0 Å². The number of thiazole rings is 1. The van der Waals surface area contributed by atoms with Crippen molar-refractivity contribution in [3.63, 3.8) is 0 Å². The summed E-state index contributed by atoms with van der Waals surface area (Å²) in [5.74, 6) is -1.27. The van der Waals surface area contributed by atoms with Gasteiger partial charge in [0.2, 0.25) is 5.95 Å². The molecule has 262 valence electrons. The molecular weight excluding hydrogens is 683 g/mol. The van der Waals surface area contributed by atoms with E-state index in [0.29, 0.717) is 28.0 Å². The van der Waals surface area contributed by atoms with Crippen molar-refractivity contribution in [1.29, 1.82) is 0 Å². The van der Waals surface area contributed by atoms with Gasteiger partial charge in [0.05, 0.1) is 46.2 Å². The summed E-state index contributed by atoms with van der Waals surface area (Å²) in [6.07, 6.45) is 4.55. The van der Waals surface area contributed by atoms with Gasteiger partial charge in [-0.2, -0.15) is 4.98 Å². The molecule has 5 aromatic rings. The Morgan fingerprint density at radius 2 is 1.78 bits per heavy atom. The maximum Gasteiger partial charge on any atom is 0.225 e. The number of aromatic nitrogens is 4. The Labute approximate surface area is 293 Å². The van der Waals surface area contributed by atoms with E-state index < -0.39 is 45.1 Å². The smallest absolute Gasteiger partial charge is 0.225 e. The van der Waals surface area contributed by atoms with Crippen LogP contribution in [0.3, 0.4) is 0 Å². The van der Waals surface area contributed by atoms with Crippen molar-refractivity contribution in [2.24, 2.45) is 5.92 Å². The Bertz CT molecular complexity index is 2120. The van der Waals surface area contributed by atoms with Crippen LogP contribution in [0.2, 0.25) is 0 Å². The molecule has 2 saturated carbocycles. The highest BCUT2D eigenvalue weighted by Crippen LogP contribution is 2.45. The van der Waals surface area contributed by atoms with Crippen molar-refractivity contribution in [2.75, 3.05) is 22.6 Å². The van der Waals surface area contributed by atoms with Gasteiger partial charge in [-0.15, -0.1) is 11.3 Å². The lowest BCUT2D eigenvalue weighted by Gasteiger charge is -2.33. The van der Waals surface area contributed by atoms with Gasteiger partial charge in [-0.1, -0.05) is 36.4 Å². The number of aryl methyl sites for hydroxylation is 1. The first-order valence-electron chi connectivity index (χ1n) is 16.5. The minimum atomic E-state index is -3.43. The van der Waals surface area contributed by atoms with Gasteiger partial charge in [0.25, 0.3) is 0 Å². The van der Waals surface area contributed by atoms with Crippen molar-refractivity contribution in [3.8, 4) is 10.6 Å². The number of nitrogens with zero attached hydrogens (tertiary/aromatic N) is 4. The lowest BCUT2D eigenvalue weighted by Crippen LogP contribution is -2.49. The van der Waals surface area contributed by atoms with E-state index in [2.05, 4.69) is 20.6 Å². The molecular formula is C36H38F2N6O4S2. The third kappa shape index (κ3) is 7.20. The number of anilines is 2. The first-order valence-corrected chi connectivity index (χ1v) is 19.4. The second-order valence-corrected chi connectivity index (χ2v) is 16.7. The molecule has 50 heavy (non-hydrogen) atoms. The average molecular weight is 721 g/mol. The van der Waals surface area contributed by atoms with E-state index in [1.807, 2.05) is 36.4 Å². The van der Waals surface area contributed by atoms with E-state index in [9.17, 15) is 22.3 Å². The molecule has 0 bridgehead atoms. The van der Waals surface area contributed by atoms with Crippen molar-refractivity contribution in [1.82, 2.24) is 19.9 Å². The van der Waals surface area contributed by atoms with E-state index in [1.165, 1.54) is 35.8 Å². The molecule has 0 unspecified atom stereocenters. The van der Waals surface area contributed by atoms with E-state index in [0.717, 1.165) is 34.3 Å². The first-order chi connectivity index (χ1) is 23.9. The van der Waals surface area contributed by atoms with Gasteiger partial charge < -0.3 is 20.5 Å². The summed E-state index contributed by atoms with van der Waals surface area (Å²) in [6, 6.07) is 14.4. The minimum absolute atomic E-state index is 0.111. The van der Waals surface area contributed by atoms with Crippen molar-refractivity contribution >= 4 is 43.2 Å². The van der Waals surface area contributed by atoms with Gasteiger partial charge in [-0.25, -0.2) is 27.2 Å². The van der Waals surface area contributed by atoms with E-state index in [1.54, 1.807) is 20.0 Å². The summed E-state index contributed by atoms with van der Waals surface area (Å²) >= 11 is 1.47. The second kappa shape index (κ2) is 13.5. The normalized spacial score (nSPS) is 22.2. The van der Waals surface area contributed by atoms with Crippen LogP contribution in [0.25, 0.3) is 20.8 Å². The van der Waals surface area contributed by atoms with Crippen LogP contribution < -0.4 is 10.6 Å². The lowest BCUT2D eigenvalue weighted by atomic mass is 9.96. The van der Waals surface area contributed by atoms with Crippen LogP contribution in [-0.2, 0) is 27.7 Å². The number of aliphatic hydroxyl groups is 1. The van der Waals surface area contributed by atoms with Crippen LogP contribution in [0.15, 0.2) is 60.8 Å². The highest BCUT2D eigenvalue weighted by molar-refractivity contribution is 7.90. The number of rotatable bonds is 12. The number of hydrogen-bond acceptors (Lipinski definition) is 11. The zero-order chi connectivity index (χ0) is 35.2. The Morgan fingerprint density at radius 1 is 1.04 bits per heavy atom. The Balaban J connectivity index is 1.26. The van der Waals surface area contributed by atoms with Gasteiger partial charge >= 0.3 is 0 Å². The first kappa shape index (κ1) is 34.3. The summed E-state index contributed by atoms with van der Waals surface area (Å²) in [4.78, 5) is 19.1. The largest absolute Gasteiger partial charge is 0.385 e. The second-order valence-electron chi connectivity index (χ2n) is 13.5. The van der Waals surface area contributed by atoms with Gasteiger partial charge in [0.1, 0.15) is 43.4 Å². The summed E-state index contributed by atoms with van der Waals surface area (Å²) < 4.78 is 61.4. The van der Waals surface area contributed by atoms with E-state index in [4.69, 9.17) is 14.7 Å².